The van der Waals surface area contributed by atoms with Crippen LogP contribution in [-0.4, -0.2) is 37.1 Å². The molecule has 10 heteroatoms. The van der Waals surface area contributed by atoms with Crippen LogP contribution in [0, 0.1) is 38.3 Å². The van der Waals surface area contributed by atoms with E-state index in [1.54, 1.807) is 12.4 Å². The number of thioether (sulfide) groups is 1. The summed E-state index contributed by atoms with van der Waals surface area (Å²) in [5.41, 5.74) is -1.37. The predicted octanol–water partition coefficient (Wildman–Crippen LogP) is 0.295. The number of aryl methyl sites for hydroxylation is 2. The first-order valence-electron chi connectivity index (χ1n) is 9.88. The van der Waals surface area contributed by atoms with Gasteiger partial charge in [0.15, 0.2) is 0 Å². The number of hydrogen-bond acceptors (Lipinski definition) is 5. The molecule has 0 saturated carbocycles. The van der Waals surface area contributed by atoms with Crippen molar-refractivity contribution in [3.05, 3.63) is 73.2 Å². The molecule has 0 aliphatic rings. The maximum atomic E-state index is 11.7. The maximum absolute atomic E-state index is 11.7. The van der Waals surface area contributed by atoms with Crippen molar-refractivity contribution >= 4 is 31.6 Å². The molecule has 0 spiro atoms. The minimum absolute atomic E-state index is 0. The quantitative estimate of drug-likeness (QED) is 0.303. The van der Waals surface area contributed by atoms with Gasteiger partial charge in [0.05, 0.1) is 0 Å². The van der Waals surface area contributed by atoms with Crippen molar-refractivity contribution in [2.24, 2.45) is 11.8 Å². The van der Waals surface area contributed by atoms with Crippen LogP contribution in [0.1, 0.15) is 38.3 Å². The molecule has 0 aliphatic carbocycles. The topological polar surface area (TPSA) is 71.4 Å². The van der Waals surface area contributed by atoms with Gasteiger partial charge in [-0.25, -0.2) is 0 Å². The minimum Gasteiger partial charge on any atom is -0.541 e. The fraction of sp³-hybridized carbons (Fsp3) is 0.385. The van der Waals surface area contributed by atoms with E-state index in [1.165, 1.54) is 42.2 Å². The standard InChI is InChI=1S/C10H13.C7H4F3S.C6H11O2.2CH2O.CH3.2K/c1-3-6-10-8-5-4-7-9(10)2;8-7(9,10)11-6-4-2-1-3-5-6;1-5(2)6(3-7)4-8;2*1-2;;;/h4,7-8H,3,6H2,1-2H3;1-2,4-5H;5-7H,3H2,1-2H3;2*1H2;1H3;;/q3*-1;;;-1;2*+1. The smallest absolute Gasteiger partial charge is 0.541 e. The third kappa shape index (κ3) is 31.0. The first-order chi connectivity index (χ1) is 15.6. The molecule has 0 radical (unpaired) electrons. The molecule has 0 aliphatic heterocycles. The second-order valence-electron chi connectivity index (χ2n) is 6.54. The van der Waals surface area contributed by atoms with Crippen molar-refractivity contribution in [1.29, 1.82) is 0 Å². The Morgan fingerprint density at radius 1 is 1.06 bits per heavy atom. The van der Waals surface area contributed by atoms with Crippen LogP contribution < -0.4 is 103 Å². The number of halogens is 3. The molecule has 0 fully saturated rings. The molecule has 2 aromatic carbocycles. The second kappa shape index (κ2) is 33.9. The van der Waals surface area contributed by atoms with Crippen LogP contribution in [0.15, 0.2) is 47.4 Å². The van der Waals surface area contributed by atoms with Crippen LogP contribution >= 0.6 is 11.8 Å². The zero-order chi connectivity index (χ0) is 26.3. The summed E-state index contributed by atoms with van der Waals surface area (Å²) >= 11 is -0.131. The predicted molar refractivity (Wildman–Crippen MR) is 133 cm³/mol. The summed E-state index contributed by atoms with van der Waals surface area (Å²) in [6.45, 7) is 12.0. The van der Waals surface area contributed by atoms with Crippen LogP contribution in [0.4, 0.5) is 13.2 Å². The molecule has 36 heavy (non-hydrogen) atoms. The van der Waals surface area contributed by atoms with Gasteiger partial charge in [-0.05, 0) is 0 Å². The van der Waals surface area contributed by atoms with Crippen LogP contribution in [0.25, 0.3) is 0 Å². The Kier molecular flexibility index (Phi) is 46.8. The first kappa shape index (κ1) is 49.7. The fourth-order valence-corrected chi connectivity index (χ4v) is 2.58. The van der Waals surface area contributed by atoms with E-state index in [9.17, 15) is 18.0 Å². The Morgan fingerprint density at radius 3 is 1.89 bits per heavy atom. The molecule has 0 bridgehead atoms. The van der Waals surface area contributed by atoms with Gasteiger partial charge in [0.1, 0.15) is 13.6 Å². The van der Waals surface area contributed by atoms with Crippen LogP contribution in [0.2, 0.25) is 0 Å². The largest absolute Gasteiger partial charge is 1.00 e. The monoisotopic (exact) mass is 578 g/mol. The van der Waals surface area contributed by atoms with Crippen LogP contribution in [-0.2, 0) is 20.8 Å². The number of carbonyl (C=O) groups excluding carboxylic acids is 3. The third-order valence-corrected chi connectivity index (χ3v) is 4.50. The molecular formula is C26H35F3K2O4S-2. The zero-order valence-corrected chi connectivity index (χ0v) is 29.5. The molecule has 2 aromatic rings. The SMILES string of the molecule is C=O.C=O.CC(C)C([C-]=O)CO.CCCc1c[c-]ccc1C.FC(F)(F)Sc1c[c-]ccc1.[CH3-].[K+].[K+]. The van der Waals surface area contributed by atoms with Crippen LogP contribution in [0.5, 0.6) is 0 Å². The number of benzene rings is 2. The van der Waals surface area contributed by atoms with Crippen molar-refractivity contribution in [2.45, 2.75) is 50.9 Å². The van der Waals surface area contributed by atoms with Gasteiger partial charge in [-0.1, -0.05) is 63.1 Å². The molecule has 2 rings (SSSR count). The van der Waals surface area contributed by atoms with Gasteiger partial charge in [0.2, 0.25) is 0 Å². The van der Waals surface area contributed by atoms with E-state index in [2.05, 4.69) is 38.1 Å². The third-order valence-electron chi connectivity index (χ3n) is 3.78. The Labute approximate surface area is 304 Å². The molecule has 0 saturated heterocycles. The van der Waals surface area contributed by atoms with E-state index in [4.69, 9.17) is 14.7 Å². The number of aliphatic hydroxyl groups excluding tert-OH is 1. The summed E-state index contributed by atoms with van der Waals surface area (Å²) in [6, 6.07) is 17.6. The van der Waals surface area contributed by atoms with E-state index in [0.717, 1.165) is 0 Å². The Balaban J connectivity index is -0.0000000850. The van der Waals surface area contributed by atoms with Gasteiger partial charge < -0.3 is 26.9 Å². The summed E-state index contributed by atoms with van der Waals surface area (Å²) in [6.07, 6.45) is 4.16. The van der Waals surface area contributed by atoms with E-state index < -0.39 is 5.51 Å². The molecule has 0 amide bonds. The van der Waals surface area contributed by atoms with Gasteiger partial charge in [0.25, 0.3) is 0 Å². The Morgan fingerprint density at radius 2 is 1.58 bits per heavy atom. The van der Waals surface area contributed by atoms with Crippen molar-refractivity contribution < 1.29 is 135 Å². The van der Waals surface area contributed by atoms with Gasteiger partial charge in [-0.15, -0.1) is 5.92 Å². The molecule has 0 heterocycles. The van der Waals surface area contributed by atoms with E-state index in [0.29, 0.717) is 0 Å². The average Bonchev–Trinajstić information content (AvgIpc) is 2.79. The summed E-state index contributed by atoms with van der Waals surface area (Å²) in [5, 5.41) is 8.43. The van der Waals surface area contributed by atoms with Crippen LogP contribution in [0.3, 0.4) is 0 Å². The zero-order valence-electron chi connectivity index (χ0n) is 22.4. The van der Waals surface area contributed by atoms with E-state index in [-0.39, 0.29) is 145 Å². The molecular weight excluding hydrogens is 544 g/mol. The first-order valence-corrected chi connectivity index (χ1v) is 10.7. The number of rotatable bonds is 6. The molecule has 1 atom stereocenters. The Hall–Kier alpha value is 0.823. The van der Waals surface area contributed by atoms with Crippen molar-refractivity contribution in [2.75, 3.05) is 6.61 Å². The molecule has 4 nitrogen and oxygen atoms in total. The summed E-state index contributed by atoms with van der Waals surface area (Å²) in [4.78, 5) is 26.1. The van der Waals surface area contributed by atoms with Gasteiger partial charge in [0, 0.05) is 6.61 Å². The normalized spacial score (nSPS) is 9.58. The number of carbonyl (C=O) groups is 2. The average molecular weight is 579 g/mol. The van der Waals surface area contributed by atoms with Gasteiger partial charge in [-0.2, -0.15) is 78.9 Å². The number of aliphatic hydroxyl groups is 1. The van der Waals surface area contributed by atoms with E-state index in [1.807, 2.05) is 33.5 Å². The van der Waals surface area contributed by atoms with Gasteiger partial charge >= 0.3 is 108 Å². The summed E-state index contributed by atoms with van der Waals surface area (Å²) < 4.78 is 35.1. The number of hydrogen-bond donors (Lipinski definition) is 1. The molecule has 1 N–H and O–H groups in total. The summed E-state index contributed by atoms with van der Waals surface area (Å²) in [7, 11) is 0. The molecule has 194 valence electrons. The fourth-order valence-electron chi connectivity index (χ4n) is 2.04. The Bertz CT molecular complexity index is 720. The second-order valence-corrected chi connectivity index (χ2v) is 7.68. The minimum atomic E-state index is -4.20. The maximum Gasteiger partial charge on any atom is 1.00 e. The van der Waals surface area contributed by atoms with Crippen molar-refractivity contribution in [3.8, 4) is 0 Å². The summed E-state index contributed by atoms with van der Waals surface area (Å²) in [5.74, 6) is -0.0903. The van der Waals surface area contributed by atoms with Crippen molar-refractivity contribution in [1.82, 2.24) is 0 Å². The van der Waals surface area contributed by atoms with Crippen molar-refractivity contribution in [3.63, 3.8) is 0 Å². The van der Waals surface area contributed by atoms with E-state index >= 15 is 0 Å². The molecule has 0 aromatic heterocycles. The van der Waals surface area contributed by atoms with Gasteiger partial charge in [-0.3, -0.25) is 6.29 Å². The number of alkyl halides is 3. The molecule has 1 unspecified atom stereocenters.